The number of quaternary nitrogens is 1. The van der Waals surface area contributed by atoms with Gasteiger partial charge in [-0.15, -0.1) is 0 Å². The zero-order valence-electron chi connectivity index (χ0n) is 14.8. The number of likely N-dealkylation sites (N-methyl/N-ethyl adjacent to an activating group) is 1. The summed E-state index contributed by atoms with van der Waals surface area (Å²) in [6, 6.07) is 12.1. The Kier molecular flexibility index (Phi) is 6.77. The molecule has 0 aliphatic carbocycles. The van der Waals surface area contributed by atoms with E-state index in [1.807, 2.05) is 25.1 Å². The van der Waals surface area contributed by atoms with Crippen LogP contribution in [0.3, 0.4) is 0 Å². The van der Waals surface area contributed by atoms with Gasteiger partial charge in [0.05, 0.1) is 26.5 Å². The van der Waals surface area contributed by atoms with Crippen LogP contribution in [0, 0.1) is 5.82 Å². The highest BCUT2D eigenvalue weighted by atomic mass is 19.1. The number of rotatable bonds is 8. The molecule has 0 spiro atoms. The van der Waals surface area contributed by atoms with Gasteiger partial charge in [0.25, 0.3) is 5.91 Å². The molecule has 0 fully saturated rings. The molecule has 0 bridgehead atoms. The van der Waals surface area contributed by atoms with Crippen LogP contribution in [0.4, 0.5) is 10.1 Å². The van der Waals surface area contributed by atoms with Gasteiger partial charge in [-0.1, -0.05) is 12.1 Å². The number of methoxy groups -OCH3 is 2. The smallest absolute Gasteiger partial charge is 0.279 e. The molecule has 0 aliphatic heterocycles. The summed E-state index contributed by atoms with van der Waals surface area (Å²) in [6.45, 7) is 3.57. The van der Waals surface area contributed by atoms with E-state index >= 15 is 0 Å². The number of amides is 1. The summed E-state index contributed by atoms with van der Waals surface area (Å²) in [5.41, 5.74) is 1.46. The molecule has 5 nitrogen and oxygen atoms in total. The molecule has 25 heavy (non-hydrogen) atoms. The van der Waals surface area contributed by atoms with E-state index in [1.54, 1.807) is 25.3 Å². The number of carbonyl (C=O) groups excluding carboxylic acids is 1. The molecule has 134 valence electrons. The second kappa shape index (κ2) is 9.03. The van der Waals surface area contributed by atoms with Crippen molar-refractivity contribution in [3.63, 3.8) is 0 Å². The summed E-state index contributed by atoms with van der Waals surface area (Å²) in [5, 5.41) is 2.86. The summed E-state index contributed by atoms with van der Waals surface area (Å²) in [7, 11) is 3.00. The fraction of sp³-hybridized carbons (Fsp3) is 0.316. The molecule has 0 saturated heterocycles. The van der Waals surface area contributed by atoms with Crippen molar-refractivity contribution in [3.8, 4) is 11.5 Å². The second-order valence-electron chi connectivity index (χ2n) is 5.67. The van der Waals surface area contributed by atoms with Gasteiger partial charge >= 0.3 is 0 Å². The Morgan fingerprint density at radius 3 is 2.48 bits per heavy atom. The van der Waals surface area contributed by atoms with Crippen molar-refractivity contribution < 1.29 is 23.6 Å². The molecule has 2 N–H and O–H groups in total. The lowest BCUT2D eigenvalue weighted by molar-refractivity contribution is -0.903. The van der Waals surface area contributed by atoms with E-state index in [-0.39, 0.29) is 18.2 Å². The lowest BCUT2D eigenvalue weighted by Crippen LogP contribution is -3.11. The number of halogens is 1. The van der Waals surface area contributed by atoms with E-state index < -0.39 is 5.82 Å². The number of hydrogen-bond acceptors (Lipinski definition) is 3. The van der Waals surface area contributed by atoms with E-state index in [0.717, 1.165) is 17.0 Å². The molecule has 0 radical (unpaired) electrons. The summed E-state index contributed by atoms with van der Waals surface area (Å²) in [4.78, 5) is 13.4. The van der Waals surface area contributed by atoms with Crippen LogP contribution in [-0.2, 0) is 11.3 Å². The molecule has 1 amide bonds. The SMILES string of the molecule is CC[NH+](CC(=O)Nc1ccccc1OC)Cc1ccc(OC)c(F)c1. The Balaban J connectivity index is 1.99. The normalized spacial score (nSPS) is 11.7. The van der Waals surface area contributed by atoms with Crippen molar-refractivity contribution in [1.29, 1.82) is 0 Å². The Morgan fingerprint density at radius 2 is 1.84 bits per heavy atom. The number of ether oxygens (including phenoxy) is 2. The average molecular weight is 347 g/mol. The van der Waals surface area contributed by atoms with Crippen LogP contribution in [0.5, 0.6) is 11.5 Å². The summed E-state index contributed by atoms with van der Waals surface area (Å²) in [5.74, 6) is 0.325. The van der Waals surface area contributed by atoms with Crippen LogP contribution in [0.1, 0.15) is 12.5 Å². The summed E-state index contributed by atoms with van der Waals surface area (Å²) >= 11 is 0. The molecule has 0 aromatic heterocycles. The standard InChI is InChI=1S/C19H23FN2O3/c1-4-22(12-14-9-10-17(24-2)15(20)11-14)13-19(23)21-16-7-5-6-8-18(16)25-3/h5-11H,4,12-13H2,1-3H3,(H,21,23)/p+1. The lowest BCUT2D eigenvalue weighted by Gasteiger charge is -2.18. The molecular formula is C19H24FN2O3+. The molecule has 2 aromatic rings. The van der Waals surface area contributed by atoms with Crippen molar-refractivity contribution in [2.24, 2.45) is 0 Å². The first-order valence-electron chi connectivity index (χ1n) is 8.16. The van der Waals surface area contributed by atoms with Gasteiger partial charge in [-0.2, -0.15) is 0 Å². The van der Waals surface area contributed by atoms with Crippen LogP contribution >= 0.6 is 0 Å². The van der Waals surface area contributed by atoms with Crippen molar-refractivity contribution >= 4 is 11.6 Å². The summed E-state index contributed by atoms with van der Waals surface area (Å²) in [6.07, 6.45) is 0. The second-order valence-corrected chi connectivity index (χ2v) is 5.67. The van der Waals surface area contributed by atoms with Gasteiger partial charge in [0.2, 0.25) is 0 Å². The van der Waals surface area contributed by atoms with Crippen LogP contribution in [0.25, 0.3) is 0 Å². The Bertz CT molecular complexity index is 722. The highest BCUT2D eigenvalue weighted by molar-refractivity contribution is 5.92. The van der Waals surface area contributed by atoms with Gasteiger partial charge in [0.15, 0.2) is 18.1 Å². The fourth-order valence-corrected chi connectivity index (χ4v) is 2.59. The maximum absolute atomic E-state index is 13.8. The highest BCUT2D eigenvalue weighted by Crippen LogP contribution is 2.22. The van der Waals surface area contributed by atoms with E-state index in [9.17, 15) is 9.18 Å². The van der Waals surface area contributed by atoms with Crippen molar-refractivity contribution in [1.82, 2.24) is 0 Å². The minimum absolute atomic E-state index is 0.115. The highest BCUT2D eigenvalue weighted by Gasteiger charge is 2.16. The Hall–Kier alpha value is -2.60. The van der Waals surface area contributed by atoms with Crippen LogP contribution in [0.15, 0.2) is 42.5 Å². The van der Waals surface area contributed by atoms with E-state index in [0.29, 0.717) is 18.0 Å². The first-order valence-corrected chi connectivity index (χ1v) is 8.16. The third kappa shape index (κ3) is 5.19. The zero-order chi connectivity index (χ0) is 18.2. The lowest BCUT2D eigenvalue weighted by atomic mass is 10.2. The van der Waals surface area contributed by atoms with E-state index in [1.165, 1.54) is 13.2 Å². The first-order chi connectivity index (χ1) is 12.1. The molecule has 1 atom stereocenters. The fourth-order valence-electron chi connectivity index (χ4n) is 2.59. The molecule has 2 aromatic carbocycles. The van der Waals surface area contributed by atoms with Crippen molar-refractivity contribution in [2.75, 3.05) is 32.6 Å². The maximum Gasteiger partial charge on any atom is 0.279 e. The number of nitrogens with one attached hydrogen (secondary N) is 2. The van der Waals surface area contributed by atoms with E-state index in [2.05, 4.69) is 5.32 Å². The number of anilines is 1. The van der Waals surface area contributed by atoms with Gasteiger partial charge in [-0.3, -0.25) is 4.79 Å². The van der Waals surface area contributed by atoms with Gasteiger partial charge < -0.3 is 19.7 Å². The Morgan fingerprint density at radius 1 is 1.12 bits per heavy atom. The minimum atomic E-state index is -0.395. The largest absolute Gasteiger partial charge is 0.495 e. The topological polar surface area (TPSA) is 52.0 Å². The molecule has 6 heteroatoms. The van der Waals surface area contributed by atoms with Crippen LogP contribution in [0.2, 0.25) is 0 Å². The number of benzene rings is 2. The number of carbonyl (C=O) groups is 1. The zero-order valence-corrected chi connectivity index (χ0v) is 14.8. The molecule has 0 aliphatic rings. The number of para-hydroxylation sites is 2. The van der Waals surface area contributed by atoms with Crippen molar-refractivity contribution in [3.05, 3.63) is 53.8 Å². The quantitative estimate of drug-likeness (QED) is 0.767. The molecular weight excluding hydrogens is 323 g/mol. The maximum atomic E-state index is 13.8. The van der Waals surface area contributed by atoms with E-state index in [4.69, 9.17) is 9.47 Å². The predicted octanol–water partition coefficient (Wildman–Crippen LogP) is 1.89. The monoisotopic (exact) mass is 347 g/mol. The van der Waals surface area contributed by atoms with Crippen LogP contribution in [-0.4, -0.2) is 33.2 Å². The minimum Gasteiger partial charge on any atom is -0.495 e. The van der Waals surface area contributed by atoms with Gasteiger partial charge in [0.1, 0.15) is 12.3 Å². The van der Waals surface area contributed by atoms with Gasteiger partial charge in [-0.25, -0.2) is 4.39 Å². The van der Waals surface area contributed by atoms with Gasteiger partial charge in [0, 0.05) is 5.56 Å². The van der Waals surface area contributed by atoms with Gasteiger partial charge in [-0.05, 0) is 37.3 Å². The van der Waals surface area contributed by atoms with Crippen molar-refractivity contribution in [2.45, 2.75) is 13.5 Å². The first kappa shape index (κ1) is 18.7. The molecule has 0 saturated carbocycles. The molecule has 0 heterocycles. The molecule has 2 rings (SSSR count). The molecule has 1 unspecified atom stereocenters. The van der Waals surface area contributed by atoms with Crippen LogP contribution < -0.4 is 19.7 Å². The third-order valence-corrected chi connectivity index (χ3v) is 3.96. The average Bonchev–Trinajstić information content (AvgIpc) is 2.61. The Labute approximate surface area is 147 Å². The predicted molar refractivity (Wildman–Crippen MR) is 94.7 cm³/mol. The summed E-state index contributed by atoms with van der Waals surface area (Å²) < 4.78 is 24.0. The number of hydrogen-bond donors (Lipinski definition) is 2. The third-order valence-electron chi connectivity index (χ3n) is 3.96.